The van der Waals surface area contributed by atoms with Crippen molar-refractivity contribution >= 4 is 5.97 Å². The van der Waals surface area contributed by atoms with Crippen LogP contribution < -0.4 is 0 Å². The van der Waals surface area contributed by atoms with Crippen LogP contribution in [-0.2, 0) is 14.6 Å². The van der Waals surface area contributed by atoms with Crippen LogP contribution in [0.25, 0.3) is 0 Å². The zero-order chi connectivity index (χ0) is 14.3. The van der Waals surface area contributed by atoms with Gasteiger partial charge in [0.15, 0.2) is 0 Å². The van der Waals surface area contributed by atoms with Gasteiger partial charge < -0.3 is 9.99 Å². The first-order valence-corrected chi connectivity index (χ1v) is 7.03. The molecule has 0 saturated heterocycles. The highest BCUT2D eigenvalue weighted by atomic mass is 17.2. The maximum absolute atomic E-state index is 10.3. The van der Waals surface area contributed by atoms with Gasteiger partial charge in [0.05, 0.1) is 6.61 Å². The number of unbranched alkanes of at least 4 members (excludes halogenated alkanes) is 6. The van der Waals surface area contributed by atoms with Crippen LogP contribution in [0.4, 0.5) is 0 Å². The Balaban J connectivity index is 3.31. The molecule has 19 heavy (non-hydrogen) atoms. The number of aliphatic carboxylic acids is 1. The minimum Gasteiger partial charge on any atom is -0.478 e. The molecule has 0 radical (unpaired) electrons. The molecule has 1 N–H and O–H groups in total. The molecular formula is C15H26O4. The van der Waals surface area contributed by atoms with Gasteiger partial charge in [0.1, 0.15) is 6.26 Å². The van der Waals surface area contributed by atoms with Crippen LogP contribution >= 0.6 is 0 Å². The second-order valence-corrected chi connectivity index (χ2v) is 4.57. The van der Waals surface area contributed by atoms with Crippen LogP contribution in [0.5, 0.6) is 0 Å². The number of hydrogen-bond donors (Lipinski definition) is 1. The Bertz CT molecular complexity index is 282. The normalized spacial score (nSPS) is 12.0. The number of allylic oxidation sites excluding steroid dienone is 2. The van der Waals surface area contributed by atoms with Crippen LogP contribution in [0, 0.1) is 0 Å². The molecule has 0 aromatic rings. The second-order valence-electron chi connectivity index (χ2n) is 4.57. The van der Waals surface area contributed by atoms with Crippen molar-refractivity contribution in [2.45, 2.75) is 58.8 Å². The number of rotatable bonds is 12. The number of carbonyl (C=O) groups is 1. The zero-order valence-electron chi connectivity index (χ0n) is 12.1. The lowest BCUT2D eigenvalue weighted by atomic mass is 10.1. The van der Waals surface area contributed by atoms with Gasteiger partial charge in [-0.15, -0.1) is 0 Å². The summed E-state index contributed by atoms with van der Waals surface area (Å²) in [6.45, 7) is 4.47. The highest BCUT2D eigenvalue weighted by Gasteiger charge is 1.92. The summed E-state index contributed by atoms with van der Waals surface area (Å²) in [5, 5.41) is 8.48. The van der Waals surface area contributed by atoms with E-state index in [2.05, 4.69) is 6.92 Å². The highest BCUT2D eigenvalue weighted by Crippen LogP contribution is 2.06. The Kier molecular flexibility index (Phi) is 12.3. The Morgan fingerprint density at radius 3 is 2.37 bits per heavy atom. The third kappa shape index (κ3) is 14.7. The summed E-state index contributed by atoms with van der Waals surface area (Å²) in [6, 6.07) is 0. The zero-order valence-corrected chi connectivity index (χ0v) is 12.1. The molecular weight excluding hydrogens is 244 g/mol. The standard InChI is InChI=1S/C15H26O4/c1-3-4-5-6-7-8-9-11-18-19-12-10-14(2)13-15(16)17/h10,12-13H,3-9,11H2,1-2H3,(H,16,17). The quantitative estimate of drug-likeness (QED) is 0.144. The monoisotopic (exact) mass is 270 g/mol. The van der Waals surface area contributed by atoms with Gasteiger partial charge in [-0.2, -0.15) is 4.89 Å². The first-order chi connectivity index (χ1) is 9.16. The predicted octanol–water partition coefficient (Wildman–Crippen LogP) is 4.23. The minimum absolute atomic E-state index is 0.569. The fourth-order valence-corrected chi connectivity index (χ4v) is 1.58. The van der Waals surface area contributed by atoms with Gasteiger partial charge in [-0.3, -0.25) is 0 Å². The van der Waals surface area contributed by atoms with E-state index in [1.807, 2.05) is 0 Å². The van der Waals surface area contributed by atoms with E-state index in [1.165, 1.54) is 38.4 Å². The minimum atomic E-state index is -0.967. The molecule has 0 saturated carbocycles. The number of hydrogen-bond acceptors (Lipinski definition) is 3. The first kappa shape index (κ1) is 17.7. The molecule has 0 unspecified atom stereocenters. The van der Waals surface area contributed by atoms with E-state index < -0.39 is 5.97 Å². The van der Waals surface area contributed by atoms with Gasteiger partial charge in [0.2, 0.25) is 0 Å². The summed E-state index contributed by atoms with van der Waals surface area (Å²) in [7, 11) is 0. The molecule has 0 heterocycles. The van der Waals surface area contributed by atoms with E-state index in [0.29, 0.717) is 12.2 Å². The smallest absolute Gasteiger partial charge is 0.328 e. The first-order valence-electron chi connectivity index (χ1n) is 7.03. The van der Waals surface area contributed by atoms with Crippen LogP contribution in [0.2, 0.25) is 0 Å². The Labute approximate surface area is 116 Å². The Hall–Kier alpha value is -1.29. The van der Waals surface area contributed by atoms with Crippen molar-refractivity contribution in [3.63, 3.8) is 0 Å². The fourth-order valence-electron chi connectivity index (χ4n) is 1.58. The molecule has 0 aliphatic rings. The average molecular weight is 270 g/mol. The van der Waals surface area contributed by atoms with E-state index in [0.717, 1.165) is 18.9 Å². The number of carboxylic acid groups (broad SMARTS) is 1. The lowest BCUT2D eigenvalue weighted by molar-refractivity contribution is -0.249. The molecule has 0 rings (SSSR count). The van der Waals surface area contributed by atoms with E-state index in [4.69, 9.17) is 14.9 Å². The van der Waals surface area contributed by atoms with Crippen molar-refractivity contribution in [2.24, 2.45) is 0 Å². The summed E-state index contributed by atoms with van der Waals surface area (Å²) in [5.41, 5.74) is 0.604. The lowest BCUT2D eigenvalue weighted by Crippen LogP contribution is -1.92. The molecule has 110 valence electrons. The molecule has 4 heteroatoms. The van der Waals surface area contributed by atoms with Gasteiger partial charge in [-0.25, -0.2) is 4.79 Å². The highest BCUT2D eigenvalue weighted by molar-refractivity contribution is 5.81. The van der Waals surface area contributed by atoms with Crippen molar-refractivity contribution < 1.29 is 19.7 Å². The molecule has 0 amide bonds. The van der Waals surface area contributed by atoms with Crippen LogP contribution in [0.1, 0.15) is 58.8 Å². The molecule has 0 aromatic heterocycles. The Morgan fingerprint density at radius 2 is 1.74 bits per heavy atom. The van der Waals surface area contributed by atoms with E-state index >= 15 is 0 Å². The lowest BCUT2D eigenvalue weighted by Gasteiger charge is -2.01. The van der Waals surface area contributed by atoms with Crippen molar-refractivity contribution in [1.29, 1.82) is 0 Å². The second kappa shape index (κ2) is 13.1. The van der Waals surface area contributed by atoms with Gasteiger partial charge in [0, 0.05) is 6.08 Å². The molecule has 0 spiro atoms. The predicted molar refractivity (Wildman–Crippen MR) is 75.6 cm³/mol. The maximum Gasteiger partial charge on any atom is 0.328 e. The summed E-state index contributed by atoms with van der Waals surface area (Å²) >= 11 is 0. The van der Waals surface area contributed by atoms with Crippen molar-refractivity contribution in [3.8, 4) is 0 Å². The van der Waals surface area contributed by atoms with E-state index in [-0.39, 0.29) is 0 Å². The summed E-state index contributed by atoms with van der Waals surface area (Å²) in [5.74, 6) is -0.967. The average Bonchev–Trinajstić information content (AvgIpc) is 2.35. The van der Waals surface area contributed by atoms with Gasteiger partial charge in [0.25, 0.3) is 0 Å². The van der Waals surface area contributed by atoms with Crippen LogP contribution in [-0.4, -0.2) is 17.7 Å². The fraction of sp³-hybridized carbons (Fsp3) is 0.667. The summed E-state index contributed by atoms with van der Waals surface area (Å²) < 4.78 is 0. The third-order valence-corrected chi connectivity index (χ3v) is 2.64. The maximum atomic E-state index is 10.3. The molecule has 0 aliphatic heterocycles. The third-order valence-electron chi connectivity index (χ3n) is 2.64. The van der Waals surface area contributed by atoms with Crippen LogP contribution in [0.15, 0.2) is 24.0 Å². The van der Waals surface area contributed by atoms with Crippen LogP contribution in [0.3, 0.4) is 0 Å². The van der Waals surface area contributed by atoms with Crippen molar-refractivity contribution in [2.75, 3.05) is 6.61 Å². The van der Waals surface area contributed by atoms with Crippen molar-refractivity contribution in [3.05, 3.63) is 24.0 Å². The SMILES string of the molecule is CCCCCCCCCOOC=CC(C)=CC(=O)O. The van der Waals surface area contributed by atoms with E-state index in [9.17, 15) is 4.79 Å². The molecule has 0 aliphatic carbocycles. The Morgan fingerprint density at radius 1 is 1.11 bits per heavy atom. The molecule has 0 atom stereocenters. The molecule has 0 fully saturated rings. The largest absolute Gasteiger partial charge is 0.478 e. The molecule has 0 aromatic carbocycles. The van der Waals surface area contributed by atoms with Gasteiger partial charge in [-0.1, -0.05) is 45.4 Å². The number of carboxylic acids is 1. The van der Waals surface area contributed by atoms with E-state index in [1.54, 1.807) is 13.0 Å². The van der Waals surface area contributed by atoms with Gasteiger partial charge in [-0.05, 0) is 25.0 Å². The molecule has 0 bridgehead atoms. The van der Waals surface area contributed by atoms with Crippen molar-refractivity contribution in [1.82, 2.24) is 0 Å². The topological polar surface area (TPSA) is 55.8 Å². The molecule has 4 nitrogen and oxygen atoms in total. The summed E-state index contributed by atoms with van der Waals surface area (Å²) in [4.78, 5) is 20.1. The summed E-state index contributed by atoms with van der Waals surface area (Å²) in [6.07, 6.45) is 12.6. The van der Waals surface area contributed by atoms with Gasteiger partial charge >= 0.3 is 5.97 Å².